The molecule has 1 aromatic heterocycles. The number of aryl methyl sites for hydroxylation is 1. The van der Waals surface area contributed by atoms with Gasteiger partial charge in [0.15, 0.2) is 0 Å². The summed E-state index contributed by atoms with van der Waals surface area (Å²) in [5, 5.41) is 13.8. The van der Waals surface area contributed by atoms with Crippen molar-refractivity contribution < 1.29 is 13.2 Å². The smallest absolute Gasteiger partial charge is 0.264 e. The van der Waals surface area contributed by atoms with Gasteiger partial charge in [-0.3, -0.25) is 9.10 Å². The van der Waals surface area contributed by atoms with Gasteiger partial charge in [-0.15, -0.1) is 5.10 Å². The minimum atomic E-state index is -3.87. The monoisotopic (exact) mass is 462 g/mol. The molecule has 0 aliphatic rings. The van der Waals surface area contributed by atoms with Crippen molar-refractivity contribution in [3.63, 3.8) is 0 Å². The van der Waals surface area contributed by atoms with E-state index in [1.807, 2.05) is 6.07 Å². The second kappa shape index (κ2) is 9.21. The highest BCUT2D eigenvalue weighted by molar-refractivity contribution is 7.92. The summed E-state index contributed by atoms with van der Waals surface area (Å²) in [5.41, 5.74) is 2.55. The van der Waals surface area contributed by atoms with Crippen LogP contribution in [0.5, 0.6) is 0 Å². The maximum Gasteiger partial charge on any atom is 0.264 e. The lowest BCUT2D eigenvalue weighted by molar-refractivity contribution is 0.102. The second-order valence-electron chi connectivity index (χ2n) is 7.24. The van der Waals surface area contributed by atoms with E-state index in [9.17, 15) is 13.2 Å². The standard InChI is InChI=1S/C23H22N6O3S/c1-3-29(20-9-5-4-6-10-20)33(31,32)22-14-18(13-12-17(22)2)23(30)25-19-8-7-11-21(15-19)28-16-24-26-27-28/h4-16H,3H2,1-2H3,(H,25,30). The zero-order valence-corrected chi connectivity index (χ0v) is 18.9. The van der Waals surface area contributed by atoms with Crippen molar-refractivity contribution in [1.29, 1.82) is 0 Å². The molecule has 4 aromatic rings. The second-order valence-corrected chi connectivity index (χ2v) is 9.08. The maximum absolute atomic E-state index is 13.5. The lowest BCUT2D eigenvalue weighted by atomic mass is 10.1. The molecular formula is C23H22N6O3S. The minimum absolute atomic E-state index is 0.0864. The molecule has 0 unspecified atom stereocenters. The molecule has 3 aromatic carbocycles. The van der Waals surface area contributed by atoms with Crippen molar-refractivity contribution in [2.45, 2.75) is 18.7 Å². The number of rotatable bonds is 7. The predicted octanol–water partition coefficient (Wildman–Crippen LogP) is 3.44. The van der Waals surface area contributed by atoms with E-state index in [-0.39, 0.29) is 17.0 Å². The number of benzene rings is 3. The van der Waals surface area contributed by atoms with Crippen LogP contribution in [0.25, 0.3) is 5.69 Å². The number of anilines is 2. The molecule has 0 bridgehead atoms. The highest BCUT2D eigenvalue weighted by Gasteiger charge is 2.26. The predicted molar refractivity (Wildman–Crippen MR) is 125 cm³/mol. The molecule has 1 amide bonds. The summed E-state index contributed by atoms with van der Waals surface area (Å²) in [6.07, 6.45) is 1.45. The normalized spacial score (nSPS) is 11.2. The van der Waals surface area contributed by atoms with Crippen LogP contribution in [0.15, 0.2) is 84.0 Å². The third kappa shape index (κ3) is 4.60. The molecule has 0 aliphatic carbocycles. The van der Waals surface area contributed by atoms with E-state index < -0.39 is 15.9 Å². The Kier molecular flexibility index (Phi) is 6.18. The molecule has 4 rings (SSSR count). The van der Waals surface area contributed by atoms with Crippen LogP contribution in [0.2, 0.25) is 0 Å². The number of sulfonamides is 1. The number of carbonyl (C=O) groups excluding carboxylic acids is 1. The van der Waals surface area contributed by atoms with Crippen molar-refractivity contribution in [2.75, 3.05) is 16.2 Å². The molecule has 0 radical (unpaired) electrons. The number of amides is 1. The van der Waals surface area contributed by atoms with Gasteiger partial charge in [0.1, 0.15) is 6.33 Å². The van der Waals surface area contributed by atoms with Crippen molar-refractivity contribution in [2.24, 2.45) is 0 Å². The molecule has 0 aliphatic heterocycles. The van der Waals surface area contributed by atoms with Gasteiger partial charge < -0.3 is 5.32 Å². The molecule has 9 nitrogen and oxygen atoms in total. The Morgan fingerprint density at radius 3 is 2.52 bits per heavy atom. The van der Waals surface area contributed by atoms with Crippen LogP contribution in [0, 0.1) is 6.92 Å². The first-order chi connectivity index (χ1) is 15.9. The maximum atomic E-state index is 13.5. The van der Waals surface area contributed by atoms with Gasteiger partial charge in [-0.05, 0) is 72.3 Å². The Hall–Kier alpha value is -4.05. The Bertz CT molecular complexity index is 1370. The summed E-state index contributed by atoms with van der Waals surface area (Å²) in [7, 11) is -3.87. The number of carbonyl (C=O) groups is 1. The van der Waals surface area contributed by atoms with E-state index in [4.69, 9.17) is 0 Å². The van der Waals surface area contributed by atoms with E-state index in [2.05, 4.69) is 20.8 Å². The number of hydrogen-bond acceptors (Lipinski definition) is 6. The Labute approximate surface area is 191 Å². The fourth-order valence-corrected chi connectivity index (χ4v) is 5.16. The van der Waals surface area contributed by atoms with Crippen molar-refractivity contribution >= 4 is 27.3 Å². The minimum Gasteiger partial charge on any atom is -0.322 e. The van der Waals surface area contributed by atoms with Gasteiger partial charge in [-0.25, -0.2) is 13.1 Å². The van der Waals surface area contributed by atoms with E-state index in [0.717, 1.165) is 0 Å². The fourth-order valence-electron chi connectivity index (χ4n) is 3.43. The average Bonchev–Trinajstić information content (AvgIpc) is 3.35. The zero-order valence-electron chi connectivity index (χ0n) is 18.1. The van der Waals surface area contributed by atoms with Crippen LogP contribution in [-0.2, 0) is 10.0 Å². The molecule has 0 spiro atoms. The highest BCUT2D eigenvalue weighted by Crippen LogP contribution is 2.26. The number of nitrogens with one attached hydrogen (secondary N) is 1. The lowest BCUT2D eigenvalue weighted by Gasteiger charge is -2.24. The zero-order chi connectivity index (χ0) is 23.4. The number of hydrogen-bond donors (Lipinski definition) is 1. The number of aromatic nitrogens is 4. The quantitative estimate of drug-likeness (QED) is 0.451. The third-order valence-corrected chi connectivity index (χ3v) is 7.11. The molecule has 1 heterocycles. The molecule has 1 N–H and O–H groups in total. The summed E-state index contributed by atoms with van der Waals surface area (Å²) < 4.78 is 29.7. The van der Waals surface area contributed by atoms with Gasteiger partial charge in [0.2, 0.25) is 0 Å². The topological polar surface area (TPSA) is 110 Å². The number of nitrogens with zero attached hydrogens (tertiary/aromatic N) is 5. The van der Waals surface area contributed by atoms with Gasteiger partial charge in [0.05, 0.1) is 16.3 Å². The van der Waals surface area contributed by atoms with E-state index >= 15 is 0 Å². The third-order valence-electron chi connectivity index (χ3n) is 5.07. The van der Waals surface area contributed by atoms with Gasteiger partial charge in [-0.1, -0.05) is 30.3 Å². The molecule has 0 fully saturated rings. The van der Waals surface area contributed by atoms with Crippen LogP contribution in [0.1, 0.15) is 22.8 Å². The molecule has 0 saturated heterocycles. The molecule has 10 heteroatoms. The summed E-state index contributed by atoms with van der Waals surface area (Å²) in [4.78, 5) is 13.0. The highest BCUT2D eigenvalue weighted by atomic mass is 32.2. The summed E-state index contributed by atoms with van der Waals surface area (Å²) in [6, 6.07) is 20.5. The number of para-hydroxylation sites is 1. The first kappa shape index (κ1) is 22.2. The van der Waals surface area contributed by atoms with Crippen LogP contribution in [-0.4, -0.2) is 41.1 Å². The molecule has 168 valence electrons. The van der Waals surface area contributed by atoms with Gasteiger partial charge in [0, 0.05) is 17.8 Å². The Morgan fingerprint density at radius 1 is 1.03 bits per heavy atom. The van der Waals surface area contributed by atoms with E-state index in [1.165, 1.54) is 21.4 Å². The van der Waals surface area contributed by atoms with Crippen LogP contribution >= 0.6 is 0 Å². The number of tetrazole rings is 1. The van der Waals surface area contributed by atoms with Crippen molar-refractivity contribution in [3.05, 3.63) is 90.3 Å². The SMILES string of the molecule is CCN(c1ccccc1)S(=O)(=O)c1cc(C(=O)Nc2cccc(-n3cnnn3)c2)ccc1C. The molecular weight excluding hydrogens is 440 g/mol. The lowest BCUT2D eigenvalue weighted by Crippen LogP contribution is -2.31. The molecule has 0 atom stereocenters. The first-order valence-corrected chi connectivity index (χ1v) is 11.7. The Morgan fingerprint density at radius 2 is 1.82 bits per heavy atom. The van der Waals surface area contributed by atoms with E-state index in [1.54, 1.807) is 74.5 Å². The largest absolute Gasteiger partial charge is 0.322 e. The van der Waals surface area contributed by atoms with Gasteiger partial charge in [0.25, 0.3) is 15.9 Å². The summed E-state index contributed by atoms with van der Waals surface area (Å²) >= 11 is 0. The summed E-state index contributed by atoms with van der Waals surface area (Å²) in [6.45, 7) is 3.74. The van der Waals surface area contributed by atoms with Gasteiger partial charge in [-0.2, -0.15) is 0 Å². The van der Waals surface area contributed by atoms with Crippen molar-refractivity contribution in [1.82, 2.24) is 20.2 Å². The Balaban J connectivity index is 1.63. The van der Waals surface area contributed by atoms with Crippen molar-refractivity contribution in [3.8, 4) is 5.69 Å². The molecule has 0 saturated carbocycles. The summed E-state index contributed by atoms with van der Waals surface area (Å²) in [5.74, 6) is -0.428. The van der Waals surface area contributed by atoms with Crippen LogP contribution in [0.3, 0.4) is 0 Å². The first-order valence-electron chi connectivity index (χ1n) is 10.2. The molecule has 33 heavy (non-hydrogen) atoms. The average molecular weight is 463 g/mol. The van der Waals surface area contributed by atoms with Gasteiger partial charge >= 0.3 is 0 Å². The van der Waals surface area contributed by atoms with Crippen LogP contribution < -0.4 is 9.62 Å². The fraction of sp³-hybridized carbons (Fsp3) is 0.130. The van der Waals surface area contributed by atoms with Crippen LogP contribution in [0.4, 0.5) is 11.4 Å². The van der Waals surface area contributed by atoms with E-state index in [0.29, 0.717) is 22.6 Å².